The monoisotopic (exact) mass is 684 g/mol. The van der Waals surface area contributed by atoms with Crippen molar-refractivity contribution in [2.45, 2.75) is 69.6 Å². The molecule has 1 aliphatic heterocycles. The third-order valence-corrected chi connectivity index (χ3v) is 9.08. The van der Waals surface area contributed by atoms with Crippen LogP contribution in [0.25, 0.3) is 0 Å². The van der Waals surface area contributed by atoms with Crippen molar-refractivity contribution in [2.24, 2.45) is 5.41 Å². The molecular weight excluding hydrogens is 652 g/mol. The second-order valence-electron chi connectivity index (χ2n) is 11.5. The smallest absolute Gasteiger partial charge is 0.471 e. The van der Waals surface area contributed by atoms with Crippen LogP contribution < -0.4 is 16.0 Å². The van der Waals surface area contributed by atoms with Crippen LogP contribution in [0.15, 0.2) is 42.5 Å². The number of carboxylic acid groups (broad SMARTS) is 1. The zero-order chi connectivity index (χ0) is 33.6. The maximum atomic E-state index is 13.5. The maximum Gasteiger partial charge on any atom is 0.471 e. The second-order valence-corrected chi connectivity index (χ2v) is 12.3. The van der Waals surface area contributed by atoms with Gasteiger partial charge < -0.3 is 26.0 Å². The molecule has 1 saturated heterocycles. The van der Waals surface area contributed by atoms with E-state index in [0.29, 0.717) is 41.8 Å². The van der Waals surface area contributed by atoms with Gasteiger partial charge in [0.15, 0.2) is 0 Å². The number of hydrogen-bond acceptors (Lipinski definition) is 5. The summed E-state index contributed by atoms with van der Waals surface area (Å²) in [7, 11) is 0. The van der Waals surface area contributed by atoms with Crippen LogP contribution in [0.4, 0.5) is 18.9 Å². The zero-order valence-corrected chi connectivity index (χ0v) is 26.1. The third kappa shape index (κ3) is 8.30. The Labute approximate surface area is 273 Å². The van der Waals surface area contributed by atoms with E-state index in [1.807, 2.05) is 0 Å². The van der Waals surface area contributed by atoms with Gasteiger partial charge in [0.1, 0.15) is 12.1 Å². The SMILES string of the molecule is O=C(Nc1ccc(C[C@H](NC(=O)C2(CCNC(=O)C3CCCN3C(=O)C(F)(F)F)CCCC2)C(=O)O)cc1)c1c(Cl)cccc1Cl. The zero-order valence-electron chi connectivity index (χ0n) is 24.6. The van der Waals surface area contributed by atoms with Crippen LogP contribution in [0, 0.1) is 5.41 Å². The molecule has 2 fully saturated rings. The fourth-order valence-corrected chi connectivity index (χ4v) is 6.58. The van der Waals surface area contributed by atoms with Crippen molar-refractivity contribution in [2.75, 3.05) is 18.4 Å². The van der Waals surface area contributed by atoms with Crippen molar-refractivity contribution >= 4 is 58.5 Å². The van der Waals surface area contributed by atoms with Gasteiger partial charge in [0, 0.05) is 25.2 Å². The fourth-order valence-electron chi connectivity index (χ4n) is 6.01. The van der Waals surface area contributed by atoms with Gasteiger partial charge in [-0.15, -0.1) is 0 Å². The van der Waals surface area contributed by atoms with Gasteiger partial charge in [-0.25, -0.2) is 4.79 Å². The van der Waals surface area contributed by atoms with Gasteiger partial charge in [-0.3, -0.25) is 19.2 Å². The number of nitrogens with zero attached hydrogens (tertiary/aromatic N) is 1. The Kier molecular flexibility index (Phi) is 11.2. The molecule has 2 aromatic carbocycles. The van der Waals surface area contributed by atoms with Crippen molar-refractivity contribution in [1.29, 1.82) is 0 Å². The molecule has 1 unspecified atom stereocenters. The first kappa shape index (κ1) is 35.0. The summed E-state index contributed by atoms with van der Waals surface area (Å²) in [5, 5.41) is 18.2. The van der Waals surface area contributed by atoms with Crippen LogP contribution in [0.1, 0.15) is 60.9 Å². The minimum absolute atomic E-state index is 0.0267. The van der Waals surface area contributed by atoms with E-state index in [0.717, 1.165) is 0 Å². The first-order valence-electron chi connectivity index (χ1n) is 14.8. The van der Waals surface area contributed by atoms with Crippen molar-refractivity contribution in [3.63, 3.8) is 0 Å². The van der Waals surface area contributed by atoms with Gasteiger partial charge in [-0.05, 0) is 61.9 Å². The summed E-state index contributed by atoms with van der Waals surface area (Å²) in [5.41, 5.74) is 0.132. The number of rotatable bonds is 11. The fraction of sp³-hybridized carbons (Fsp3) is 0.452. The number of carboxylic acids is 1. The van der Waals surface area contributed by atoms with Gasteiger partial charge >= 0.3 is 18.1 Å². The lowest BCUT2D eigenvalue weighted by molar-refractivity contribution is -0.186. The van der Waals surface area contributed by atoms with Gasteiger partial charge in [0.05, 0.1) is 21.0 Å². The molecule has 46 heavy (non-hydrogen) atoms. The Morgan fingerprint density at radius 1 is 0.978 bits per heavy atom. The largest absolute Gasteiger partial charge is 0.480 e. The molecule has 2 aliphatic rings. The predicted octanol–water partition coefficient (Wildman–Crippen LogP) is 4.98. The molecule has 0 aromatic heterocycles. The number of amides is 4. The molecule has 0 spiro atoms. The molecule has 4 rings (SSSR count). The van der Waals surface area contributed by atoms with Crippen LogP contribution in [0.2, 0.25) is 10.0 Å². The number of likely N-dealkylation sites (tertiary alicyclic amines) is 1. The van der Waals surface area contributed by atoms with Crippen LogP contribution in [0.5, 0.6) is 0 Å². The quantitative estimate of drug-likeness (QED) is 0.263. The van der Waals surface area contributed by atoms with Crippen LogP contribution in [0.3, 0.4) is 0 Å². The molecule has 1 aliphatic carbocycles. The number of nitrogens with one attached hydrogen (secondary N) is 3. The Morgan fingerprint density at radius 2 is 1.61 bits per heavy atom. The van der Waals surface area contributed by atoms with E-state index in [1.165, 1.54) is 12.1 Å². The Morgan fingerprint density at radius 3 is 2.20 bits per heavy atom. The number of alkyl halides is 3. The topological polar surface area (TPSA) is 145 Å². The van der Waals surface area contributed by atoms with Gasteiger partial charge in [0.25, 0.3) is 5.91 Å². The molecule has 2 aromatic rings. The first-order valence-corrected chi connectivity index (χ1v) is 15.5. The van der Waals surface area contributed by atoms with E-state index >= 15 is 0 Å². The number of hydrogen-bond donors (Lipinski definition) is 4. The first-order chi connectivity index (χ1) is 21.7. The summed E-state index contributed by atoms with van der Waals surface area (Å²) in [6, 6.07) is 8.54. The molecule has 15 heteroatoms. The van der Waals surface area contributed by atoms with E-state index < -0.39 is 53.3 Å². The highest BCUT2D eigenvalue weighted by atomic mass is 35.5. The normalized spacial score (nSPS) is 18.1. The van der Waals surface area contributed by atoms with Crippen LogP contribution in [-0.2, 0) is 25.6 Å². The number of anilines is 1. The maximum absolute atomic E-state index is 13.5. The highest BCUT2D eigenvalue weighted by Crippen LogP contribution is 2.41. The lowest BCUT2D eigenvalue weighted by Crippen LogP contribution is -2.51. The van der Waals surface area contributed by atoms with E-state index in [2.05, 4.69) is 16.0 Å². The highest BCUT2D eigenvalue weighted by Gasteiger charge is 2.48. The van der Waals surface area contributed by atoms with E-state index in [1.54, 1.807) is 30.3 Å². The number of benzene rings is 2. The molecule has 1 saturated carbocycles. The van der Waals surface area contributed by atoms with Crippen molar-refractivity contribution < 1.29 is 42.3 Å². The molecule has 2 atom stereocenters. The van der Waals surface area contributed by atoms with Gasteiger partial charge in [0.2, 0.25) is 11.8 Å². The molecule has 0 bridgehead atoms. The Hall–Kier alpha value is -3.84. The predicted molar refractivity (Wildman–Crippen MR) is 163 cm³/mol. The molecular formula is C31H33Cl2F3N4O6. The number of carbonyl (C=O) groups excluding carboxylic acids is 4. The summed E-state index contributed by atoms with van der Waals surface area (Å²) in [6.07, 6.45) is -2.30. The summed E-state index contributed by atoms with van der Waals surface area (Å²) in [4.78, 5) is 63.2. The van der Waals surface area contributed by atoms with Crippen molar-refractivity contribution in [3.05, 3.63) is 63.6 Å². The minimum Gasteiger partial charge on any atom is -0.480 e. The van der Waals surface area contributed by atoms with Crippen molar-refractivity contribution in [3.8, 4) is 0 Å². The number of aliphatic carboxylic acids is 1. The highest BCUT2D eigenvalue weighted by molar-refractivity contribution is 6.40. The molecule has 4 amide bonds. The van der Waals surface area contributed by atoms with Crippen LogP contribution in [-0.4, -0.2) is 71.0 Å². The summed E-state index contributed by atoms with van der Waals surface area (Å²) >= 11 is 12.2. The molecule has 248 valence electrons. The summed E-state index contributed by atoms with van der Waals surface area (Å²) < 4.78 is 38.8. The molecule has 4 N–H and O–H groups in total. The number of halogens is 5. The van der Waals surface area contributed by atoms with Gasteiger partial charge in [-0.2, -0.15) is 13.2 Å². The molecule has 0 radical (unpaired) electrons. The van der Waals surface area contributed by atoms with E-state index in [-0.39, 0.29) is 54.4 Å². The second kappa shape index (κ2) is 14.7. The third-order valence-electron chi connectivity index (χ3n) is 8.45. The Balaban J connectivity index is 1.34. The summed E-state index contributed by atoms with van der Waals surface area (Å²) in [6.45, 7) is -0.199. The molecule has 1 heterocycles. The average molecular weight is 686 g/mol. The van der Waals surface area contributed by atoms with Crippen LogP contribution >= 0.6 is 23.2 Å². The minimum atomic E-state index is -5.08. The van der Waals surface area contributed by atoms with Gasteiger partial charge in [-0.1, -0.05) is 54.2 Å². The van der Waals surface area contributed by atoms with Crippen molar-refractivity contribution in [1.82, 2.24) is 15.5 Å². The lowest BCUT2D eigenvalue weighted by atomic mass is 9.81. The number of carbonyl (C=O) groups is 5. The summed E-state index contributed by atoms with van der Waals surface area (Å²) in [5.74, 6) is -5.04. The average Bonchev–Trinajstić information content (AvgIpc) is 3.68. The molecule has 10 nitrogen and oxygen atoms in total. The van der Waals surface area contributed by atoms with E-state index in [4.69, 9.17) is 23.2 Å². The standard InChI is InChI=1S/C31H33Cl2F3N4O6/c32-20-5-3-6-21(33)24(20)26(42)38-19-10-8-18(9-11-19)17-22(27(43)44)39-28(45)30(12-1-2-13-30)14-15-37-25(41)23-7-4-16-40(23)29(46)31(34,35)36/h3,5-6,8-11,22-23H,1-2,4,7,12-17H2,(H,37,41)(H,38,42)(H,39,45)(H,43,44)/t22-,23?/m0/s1. The van der Waals surface area contributed by atoms with E-state index in [9.17, 15) is 42.3 Å². The Bertz CT molecular complexity index is 1460. The lowest BCUT2D eigenvalue weighted by Gasteiger charge is -2.30.